The van der Waals surface area contributed by atoms with Crippen LogP contribution in [-0.4, -0.2) is 69.2 Å². The summed E-state index contributed by atoms with van der Waals surface area (Å²) in [5.41, 5.74) is 2.45. The summed E-state index contributed by atoms with van der Waals surface area (Å²) in [5.74, 6) is -0.433. The van der Waals surface area contributed by atoms with Crippen LogP contribution in [0.25, 0.3) is 0 Å². The normalized spacial score (nSPS) is 19.7. The van der Waals surface area contributed by atoms with Crippen molar-refractivity contribution in [1.29, 1.82) is 0 Å². The van der Waals surface area contributed by atoms with Crippen molar-refractivity contribution < 1.29 is 14.3 Å². The van der Waals surface area contributed by atoms with Gasteiger partial charge in [0.2, 0.25) is 11.8 Å². The molecular formula is C19H23N5O3. The standard InChI is InChI=1S/C19H23N5O3/c1-22-11-14-12-24(17(25)10-15-4-2-3-5-20-15)13-16(18(14)21-22)19(26)23-6-8-27-9-7-23/h2-5,11,16H,6-10,12-13H2,1H3/t16-/m0/s1. The van der Waals surface area contributed by atoms with Crippen molar-refractivity contribution in [2.45, 2.75) is 18.9 Å². The van der Waals surface area contributed by atoms with Crippen molar-refractivity contribution in [2.24, 2.45) is 7.05 Å². The summed E-state index contributed by atoms with van der Waals surface area (Å²) in [7, 11) is 1.84. The molecule has 2 aliphatic rings. The summed E-state index contributed by atoms with van der Waals surface area (Å²) in [6, 6.07) is 5.54. The number of aryl methyl sites for hydroxylation is 1. The molecule has 1 fully saturated rings. The number of fused-ring (bicyclic) bond motifs is 1. The Bertz CT molecular complexity index is 829. The van der Waals surface area contributed by atoms with Gasteiger partial charge in [-0.15, -0.1) is 0 Å². The van der Waals surface area contributed by atoms with E-state index in [1.807, 2.05) is 36.3 Å². The monoisotopic (exact) mass is 369 g/mol. The van der Waals surface area contributed by atoms with Gasteiger partial charge in [0, 0.05) is 56.9 Å². The van der Waals surface area contributed by atoms with Gasteiger partial charge in [0.15, 0.2) is 0 Å². The third kappa shape index (κ3) is 3.71. The molecule has 1 saturated heterocycles. The average molecular weight is 369 g/mol. The van der Waals surface area contributed by atoms with Crippen molar-refractivity contribution in [3.8, 4) is 0 Å². The minimum atomic E-state index is -0.430. The number of hydrogen-bond acceptors (Lipinski definition) is 5. The van der Waals surface area contributed by atoms with E-state index in [1.165, 1.54) is 0 Å². The van der Waals surface area contributed by atoms with Gasteiger partial charge in [-0.05, 0) is 12.1 Å². The van der Waals surface area contributed by atoms with E-state index in [-0.39, 0.29) is 18.2 Å². The van der Waals surface area contributed by atoms with Crippen molar-refractivity contribution in [3.05, 3.63) is 47.5 Å². The molecule has 0 saturated carbocycles. The lowest BCUT2D eigenvalue weighted by atomic mass is 9.94. The number of aromatic nitrogens is 3. The van der Waals surface area contributed by atoms with Crippen LogP contribution in [-0.2, 0) is 34.3 Å². The molecule has 0 aliphatic carbocycles. The van der Waals surface area contributed by atoms with Crippen LogP contribution in [0, 0.1) is 0 Å². The number of ether oxygens (including phenoxy) is 1. The van der Waals surface area contributed by atoms with Gasteiger partial charge >= 0.3 is 0 Å². The van der Waals surface area contributed by atoms with Gasteiger partial charge < -0.3 is 14.5 Å². The maximum atomic E-state index is 13.1. The highest BCUT2D eigenvalue weighted by Crippen LogP contribution is 2.29. The minimum Gasteiger partial charge on any atom is -0.378 e. The molecule has 2 aromatic heterocycles. The maximum absolute atomic E-state index is 13.1. The zero-order chi connectivity index (χ0) is 18.8. The van der Waals surface area contributed by atoms with Crippen molar-refractivity contribution in [2.75, 3.05) is 32.8 Å². The predicted molar refractivity (Wildman–Crippen MR) is 96.7 cm³/mol. The van der Waals surface area contributed by atoms with Gasteiger partial charge in [0.1, 0.15) is 5.92 Å². The first-order chi connectivity index (χ1) is 13.1. The van der Waals surface area contributed by atoms with E-state index < -0.39 is 5.92 Å². The summed E-state index contributed by atoms with van der Waals surface area (Å²) in [6.07, 6.45) is 3.81. The minimum absolute atomic E-state index is 0.0218. The molecule has 0 unspecified atom stereocenters. The largest absolute Gasteiger partial charge is 0.378 e. The first-order valence-corrected chi connectivity index (χ1v) is 9.18. The molecule has 4 heterocycles. The van der Waals surface area contributed by atoms with E-state index in [9.17, 15) is 9.59 Å². The molecule has 0 spiro atoms. The molecule has 0 radical (unpaired) electrons. The number of rotatable bonds is 3. The highest BCUT2D eigenvalue weighted by molar-refractivity contribution is 5.86. The Morgan fingerprint density at radius 3 is 2.78 bits per heavy atom. The van der Waals surface area contributed by atoms with Gasteiger partial charge in [0.25, 0.3) is 0 Å². The van der Waals surface area contributed by atoms with Crippen molar-refractivity contribution >= 4 is 11.8 Å². The highest BCUT2D eigenvalue weighted by atomic mass is 16.5. The molecule has 2 aliphatic heterocycles. The zero-order valence-corrected chi connectivity index (χ0v) is 15.4. The Balaban J connectivity index is 1.55. The van der Waals surface area contributed by atoms with E-state index in [2.05, 4.69) is 10.1 Å². The second-order valence-electron chi connectivity index (χ2n) is 6.98. The molecule has 27 heavy (non-hydrogen) atoms. The Morgan fingerprint density at radius 2 is 2.04 bits per heavy atom. The molecule has 4 rings (SSSR count). The lowest BCUT2D eigenvalue weighted by Crippen LogP contribution is -2.48. The summed E-state index contributed by atoms with van der Waals surface area (Å²) in [4.78, 5) is 33.8. The molecule has 2 amide bonds. The molecule has 2 aromatic rings. The Hall–Kier alpha value is -2.74. The first kappa shape index (κ1) is 17.7. The summed E-state index contributed by atoms with van der Waals surface area (Å²) >= 11 is 0. The van der Waals surface area contributed by atoms with Gasteiger partial charge in [0.05, 0.1) is 25.3 Å². The van der Waals surface area contributed by atoms with Crippen LogP contribution in [0.4, 0.5) is 0 Å². The van der Waals surface area contributed by atoms with Gasteiger partial charge in [-0.3, -0.25) is 19.3 Å². The number of carbonyl (C=O) groups excluding carboxylic acids is 2. The number of morpholine rings is 1. The van der Waals surface area contributed by atoms with E-state index in [0.717, 1.165) is 17.0 Å². The SMILES string of the molecule is Cn1cc2c(n1)[C@@H](C(=O)N1CCOCC1)CN(C(=O)Cc1ccccn1)C2. The highest BCUT2D eigenvalue weighted by Gasteiger charge is 2.37. The number of carbonyl (C=O) groups is 2. The van der Waals surface area contributed by atoms with Crippen LogP contribution in [0.1, 0.15) is 22.9 Å². The number of amides is 2. The zero-order valence-electron chi connectivity index (χ0n) is 15.4. The van der Waals surface area contributed by atoms with Crippen LogP contribution in [0.5, 0.6) is 0 Å². The topological polar surface area (TPSA) is 80.6 Å². The number of nitrogens with zero attached hydrogens (tertiary/aromatic N) is 5. The van der Waals surface area contributed by atoms with Crippen LogP contribution in [0.3, 0.4) is 0 Å². The molecule has 0 bridgehead atoms. The Labute approximate surface area is 157 Å². The summed E-state index contributed by atoms with van der Waals surface area (Å²) < 4.78 is 7.07. The summed E-state index contributed by atoms with van der Waals surface area (Å²) in [5, 5.41) is 4.51. The second-order valence-corrected chi connectivity index (χ2v) is 6.98. The summed E-state index contributed by atoms with van der Waals surface area (Å²) in [6.45, 7) is 3.10. The lowest BCUT2D eigenvalue weighted by molar-refractivity contribution is -0.139. The first-order valence-electron chi connectivity index (χ1n) is 9.18. The molecule has 142 valence electrons. The molecule has 8 heteroatoms. The maximum Gasteiger partial charge on any atom is 0.233 e. The van der Waals surface area contributed by atoms with Gasteiger partial charge in [-0.2, -0.15) is 5.10 Å². The fourth-order valence-electron chi connectivity index (χ4n) is 3.71. The smallest absolute Gasteiger partial charge is 0.233 e. The van der Waals surface area contributed by atoms with E-state index >= 15 is 0 Å². The molecule has 0 N–H and O–H groups in total. The fourth-order valence-corrected chi connectivity index (χ4v) is 3.71. The molecule has 1 atom stereocenters. The quantitative estimate of drug-likeness (QED) is 0.780. The number of pyridine rings is 1. The van der Waals surface area contributed by atoms with Crippen molar-refractivity contribution in [3.63, 3.8) is 0 Å². The molecular weight excluding hydrogens is 346 g/mol. The molecule has 0 aromatic carbocycles. The predicted octanol–water partition coefficient (Wildman–Crippen LogP) is 0.342. The third-order valence-electron chi connectivity index (χ3n) is 5.06. The Morgan fingerprint density at radius 1 is 1.22 bits per heavy atom. The van der Waals surface area contributed by atoms with E-state index in [0.29, 0.717) is 39.4 Å². The molecule has 8 nitrogen and oxygen atoms in total. The van der Waals surface area contributed by atoms with E-state index in [4.69, 9.17) is 4.74 Å². The fraction of sp³-hybridized carbons (Fsp3) is 0.474. The Kier molecular flexibility index (Phi) is 4.89. The average Bonchev–Trinajstić information content (AvgIpc) is 3.08. The van der Waals surface area contributed by atoms with Crippen LogP contribution in [0.2, 0.25) is 0 Å². The van der Waals surface area contributed by atoms with Crippen LogP contribution < -0.4 is 0 Å². The third-order valence-corrected chi connectivity index (χ3v) is 5.06. The second kappa shape index (κ2) is 7.48. The van der Waals surface area contributed by atoms with Gasteiger partial charge in [-0.25, -0.2) is 0 Å². The lowest BCUT2D eigenvalue weighted by Gasteiger charge is -2.35. The van der Waals surface area contributed by atoms with Crippen molar-refractivity contribution in [1.82, 2.24) is 24.6 Å². The van der Waals surface area contributed by atoms with Crippen LogP contribution in [0.15, 0.2) is 30.6 Å². The number of hydrogen-bond donors (Lipinski definition) is 0. The van der Waals surface area contributed by atoms with E-state index in [1.54, 1.807) is 15.8 Å². The van der Waals surface area contributed by atoms with Crippen LogP contribution >= 0.6 is 0 Å². The van der Waals surface area contributed by atoms with Gasteiger partial charge in [-0.1, -0.05) is 6.07 Å².